The van der Waals surface area contributed by atoms with Crippen LogP contribution < -0.4 is 15.6 Å². The van der Waals surface area contributed by atoms with Crippen LogP contribution >= 0.6 is 11.8 Å². The van der Waals surface area contributed by atoms with Gasteiger partial charge in [-0.1, -0.05) is 167 Å². The van der Waals surface area contributed by atoms with E-state index in [-0.39, 0.29) is 5.41 Å². The highest BCUT2D eigenvalue weighted by molar-refractivity contribution is 7.99. The molecule has 2 saturated carbocycles. The molecule has 3 nitrogen and oxygen atoms in total. The van der Waals surface area contributed by atoms with Crippen LogP contribution in [0.4, 0.5) is 0 Å². The Balaban J connectivity index is 1.13. The Morgan fingerprint density at radius 1 is 0.661 bits per heavy atom. The topological polar surface area (TPSA) is 30.4 Å². The summed E-state index contributed by atoms with van der Waals surface area (Å²) in [5.41, 5.74) is 12.5. The summed E-state index contributed by atoms with van der Waals surface area (Å²) >= 11 is 1.97. The van der Waals surface area contributed by atoms with Gasteiger partial charge in [-0.2, -0.15) is 4.98 Å². The Morgan fingerprint density at radius 2 is 1.34 bits per heavy atom. The van der Waals surface area contributed by atoms with E-state index >= 15 is 0 Å². The monoisotopic (exact) mass is 764 g/mol. The molecule has 278 valence electrons. The lowest BCUT2D eigenvalue weighted by atomic mass is 9.78. The summed E-state index contributed by atoms with van der Waals surface area (Å²) in [5, 5.41) is 4.35. The normalized spacial score (nSPS) is 18.1. The smallest absolute Gasteiger partial charge is 0.307 e. The van der Waals surface area contributed by atoms with Gasteiger partial charge in [0.05, 0.1) is 11.0 Å². The third kappa shape index (κ3) is 5.12. The van der Waals surface area contributed by atoms with Crippen LogP contribution in [0.15, 0.2) is 142 Å². The molecule has 0 saturated heterocycles. The van der Waals surface area contributed by atoms with E-state index < -0.39 is 8.07 Å². The molecule has 11 rings (SSSR count). The number of nitrogens with zero attached hydrogens (tertiary/aromatic N) is 2. The average Bonchev–Trinajstić information content (AvgIpc) is 4.07. The van der Waals surface area contributed by atoms with Gasteiger partial charge in [0.25, 0.3) is 0 Å². The van der Waals surface area contributed by atoms with E-state index in [4.69, 9.17) is 9.40 Å². The van der Waals surface area contributed by atoms with Crippen molar-refractivity contribution < 1.29 is 4.42 Å². The lowest BCUT2D eigenvalue weighted by Gasteiger charge is -2.39. The third-order valence-electron chi connectivity index (χ3n) is 14.0. The Kier molecular flexibility index (Phi) is 8.05. The molecule has 3 heterocycles. The van der Waals surface area contributed by atoms with Gasteiger partial charge in [0.2, 0.25) is 0 Å². The molecule has 2 fully saturated rings. The predicted octanol–water partition coefficient (Wildman–Crippen LogP) is 12.1. The summed E-state index contributed by atoms with van der Waals surface area (Å²) in [4.78, 5) is 8.24. The van der Waals surface area contributed by atoms with Crippen LogP contribution in [0.5, 0.6) is 0 Å². The minimum absolute atomic E-state index is 0.0903. The zero-order valence-electron chi connectivity index (χ0n) is 32.6. The fourth-order valence-electron chi connectivity index (χ4n) is 10.9. The van der Waals surface area contributed by atoms with Crippen molar-refractivity contribution in [3.8, 4) is 11.1 Å². The molecule has 1 atom stereocenters. The average molecular weight is 765 g/mol. The first-order valence-electron chi connectivity index (χ1n) is 20.9. The zero-order chi connectivity index (χ0) is 37.6. The molecule has 5 heteroatoms. The van der Waals surface area contributed by atoms with Gasteiger partial charge in [0, 0.05) is 26.3 Å². The highest BCUT2D eigenvalue weighted by Crippen LogP contribution is 2.49. The molecule has 0 spiro atoms. The number of hydrogen-bond donors (Lipinski definition) is 0. The number of aromatic nitrogens is 2. The molecule has 56 heavy (non-hydrogen) atoms. The van der Waals surface area contributed by atoms with E-state index in [2.05, 4.69) is 152 Å². The Morgan fingerprint density at radius 3 is 2.14 bits per heavy atom. The largest absolute Gasteiger partial charge is 0.423 e. The van der Waals surface area contributed by atoms with E-state index in [0.29, 0.717) is 17.7 Å². The molecule has 0 amide bonds. The maximum absolute atomic E-state index is 6.78. The van der Waals surface area contributed by atoms with Gasteiger partial charge in [-0.15, -0.1) is 0 Å². The van der Waals surface area contributed by atoms with Crippen LogP contribution in [0.25, 0.3) is 39.1 Å². The van der Waals surface area contributed by atoms with Gasteiger partial charge in [0.1, 0.15) is 13.6 Å². The number of hydrogen-bond acceptors (Lipinski definition) is 3. The summed E-state index contributed by atoms with van der Waals surface area (Å²) in [6.45, 7) is 7.39. The van der Waals surface area contributed by atoms with E-state index in [9.17, 15) is 0 Å². The second-order valence-electron chi connectivity index (χ2n) is 17.4. The first-order chi connectivity index (χ1) is 27.4. The van der Waals surface area contributed by atoms with E-state index in [1.807, 2.05) is 11.8 Å². The first kappa shape index (κ1) is 34.4. The van der Waals surface area contributed by atoms with Crippen LogP contribution in [-0.2, 0) is 5.41 Å². The maximum Gasteiger partial charge on any atom is 0.307 e. The van der Waals surface area contributed by atoms with Crippen molar-refractivity contribution in [1.29, 1.82) is 0 Å². The van der Waals surface area contributed by atoms with Crippen molar-refractivity contribution in [2.75, 3.05) is 0 Å². The van der Waals surface area contributed by atoms with Crippen LogP contribution in [0.3, 0.4) is 0 Å². The molecule has 2 aromatic heterocycles. The van der Waals surface area contributed by atoms with Crippen LogP contribution in [-0.4, -0.2) is 17.5 Å². The van der Waals surface area contributed by atoms with Gasteiger partial charge in [-0.25, -0.2) is 0 Å². The standard InChI is InChI=1S/C51H48N2OSSi/c1-51(2)40-25-11-12-28-44(40)55-49-41(51)26-15-29-45(49)56(3,36-21-5-4-6-22-36)37-23-13-20-35(32-37)46-38(33-16-7-8-17-33)30-31-42-47(46)52-50-53(42)43-27-14-24-39(48(43)54-50)34-18-9-10-19-34/h4-6,11-15,20-34H,7-10,16-19H2,1-3H3. The molecule has 6 aromatic carbocycles. The molecule has 0 radical (unpaired) electrons. The van der Waals surface area contributed by atoms with Gasteiger partial charge < -0.3 is 4.42 Å². The Bertz CT molecular complexity index is 2800. The molecule has 0 N–H and O–H groups in total. The summed E-state index contributed by atoms with van der Waals surface area (Å²) in [7, 11) is -2.56. The molecular formula is C51H48N2OSSi. The second-order valence-corrected chi connectivity index (χ2v) is 22.4. The number of imidazole rings is 1. The summed E-state index contributed by atoms with van der Waals surface area (Å²) in [6.07, 6.45) is 10.1. The minimum atomic E-state index is -2.56. The fraction of sp³-hybridized carbons (Fsp3) is 0.275. The van der Waals surface area contributed by atoms with E-state index in [1.54, 1.807) is 0 Å². The molecule has 1 unspecified atom stereocenters. The van der Waals surface area contributed by atoms with E-state index in [0.717, 1.165) is 22.1 Å². The van der Waals surface area contributed by atoms with Crippen LogP contribution in [0, 0.1) is 0 Å². The molecule has 2 aliphatic carbocycles. The second kappa shape index (κ2) is 13.1. The number of oxazole rings is 1. The summed E-state index contributed by atoms with van der Waals surface area (Å²) < 4.78 is 9.08. The van der Waals surface area contributed by atoms with Crippen LogP contribution in [0.1, 0.15) is 99.3 Å². The summed E-state index contributed by atoms with van der Waals surface area (Å²) in [5.74, 6) is 1.82. The number of fused-ring (bicyclic) bond motifs is 7. The maximum atomic E-state index is 6.78. The van der Waals surface area contributed by atoms with Crippen molar-refractivity contribution in [2.24, 2.45) is 0 Å². The van der Waals surface area contributed by atoms with Gasteiger partial charge in [-0.05, 0) is 93.5 Å². The van der Waals surface area contributed by atoms with E-state index in [1.165, 1.54) is 110 Å². The molecular weight excluding hydrogens is 717 g/mol. The highest BCUT2D eigenvalue weighted by Gasteiger charge is 2.41. The third-order valence-corrected chi connectivity index (χ3v) is 19.8. The van der Waals surface area contributed by atoms with Gasteiger partial charge in [0.15, 0.2) is 5.58 Å². The molecule has 8 aromatic rings. The van der Waals surface area contributed by atoms with Crippen molar-refractivity contribution in [1.82, 2.24) is 9.38 Å². The van der Waals surface area contributed by atoms with Crippen molar-refractivity contribution in [2.45, 2.75) is 98.8 Å². The van der Waals surface area contributed by atoms with Gasteiger partial charge >= 0.3 is 5.84 Å². The number of rotatable bonds is 6. The SMILES string of the molecule is CC1(C)c2ccccc2Sc2c1cccc2[Si](C)(c1ccccc1)c1cccc(-c2c(C3CCCC3)ccc3c2nc2oc4c(C5CCCC5)cccc4n23)c1. The van der Waals surface area contributed by atoms with Crippen molar-refractivity contribution in [3.63, 3.8) is 0 Å². The fourth-order valence-corrected chi connectivity index (χ4v) is 16.8. The Labute approximate surface area is 335 Å². The Hall–Kier alpha value is -4.84. The molecule has 3 aliphatic rings. The van der Waals surface area contributed by atoms with Crippen molar-refractivity contribution >= 4 is 63.4 Å². The summed E-state index contributed by atoms with van der Waals surface area (Å²) in [6, 6.07) is 48.7. The predicted molar refractivity (Wildman–Crippen MR) is 236 cm³/mol. The molecule has 0 bridgehead atoms. The lowest BCUT2D eigenvalue weighted by molar-refractivity contribution is 0.608. The highest BCUT2D eigenvalue weighted by atomic mass is 32.2. The lowest BCUT2D eigenvalue weighted by Crippen LogP contribution is -2.65. The quantitative estimate of drug-likeness (QED) is 0.125. The number of benzene rings is 6. The number of para-hydroxylation sites is 1. The minimum Gasteiger partial charge on any atom is -0.423 e. The first-order valence-corrected chi connectivity index (χ1v) is 24.2. The molecule has 1 aliphatic heterocycles. The van der Waals surface area contributed by atoms with Crippen LogP contribution in [0.2, 0.25) is 6.55 Å². The van der Waals surface area contributed by atoms with Gasteiger partial charge in [-0.3, -0.25) is 4.40 Å². The van der Waals surface area contributed by atoms with Crippen molar-refractivity contribution in [3.05, 3.63) is 150 Å². The zero-order valence-corrected chi connectivity index (χ0v) is 34.5.